The summed E-state index contributed by atoms with van der Waals surface area (Å²) < 4.78 is 41.4. The van der Waals surface area contributed by atoms with E-state index in [0.29, 0.717) is 11.5 Å². The van der Waals surface area contributed by atoms with Gasteiger partial charge >= 0.3 is 0 Å². The van der Waals surface area contributed by atoms with E-state index in [1.54, 1.807) is 13.0 Å². The van der Waals surface area contributed by atoms with Crippen LogP contribution in [0.3, 0.4) is 0 Å². The van der Waals surface area contributed by atoms with E-state index in [1.807, 2.05) is 19.2 Å². The van der Waals surface area contributed by atoms with E-state index >= 15 is 0 Å². The fourth-order valence-corrected chi connectivity index (χ4v) is 4.62. The molecular weight excluding hydrogens is 425 g/mol. The van der Waals surface area contributed by atoms with Crippen LogP contribution in [0.5, 0.6) is 0 Å². The number of amides is 1. The first kappa shape index (κ1) is 21.9. The number of carbonyl (C=O) groups is 1. The number of nitrogens with zero attached hydrogens (tertiary/aromatic N) is 1. The fourth-order valence-electron chi connectivity index (χ4n) is 2.70. The van der Waals surface area contributed by atoms with Crippen molar-refractivity contribution in [2.24, 2.45) is 0 Å². The van der Waals surface area contributed by atoms with E-state index in [4.69, 9.17) is 0 Å². The summed E-state index contributed by atoms with van der Waals surface area (Å²) in [6.45, 7) is 6.05. The third-order valence-corrected chi connectivity index (χ3v) is 6.93. The average molecular weight is 448 g/mol. The minimum Gasteiger partial charge on any atom is -0.346 e. The van der Waals surface area contributed by atoms with Gasteiger partial charge in [-0.15, -0.1) is 11.3 Å². The highest BCUT2D eigenvalue weighted by atomic mass is 32.2. The number of rotatable bonds is 7. The molecule has 0 fully saturated rings. The van der Waals surface area contributed by atoms with Crippen molar-refractivity contribution in [1.82, 2.24) is 10.3 Å². The van der Waals surface area contributed by atoms with Gasteiger partial charge in [0.25, 0.3) is 15.9 Å². The van der Waals surface area contributed by atoms with Crippen LogP contribution >= 0.6 is 11.3 Å². The molecule has 0 aliphatic heterocycles. The minimum atomic E-state index is -4.06. The zero-order valence-corrected chi connectivity index (χ0v) is 18.4. The topological polar surface area (TPSA) is 88.2 Å². The Balaban J connectivity index is 1.78. The van der Waals surface area contributed by atoms with Crippen molar-refractivity contribution in [3.63, 3.8) is 0 Å². The Morgan fingerprint density at radius 3 is 2.60 bits per heavy atom. The molecular formula is C21H22FN3O3S2. The van der Waals surface area contributed by atoms with Crippen LogP contribution in [0.15, 0.2) is 52.7 Å². The van der Waals surface area contributed by atoms with Crippen molar-refractivity contribution in [2.75, 3.05) is 4.72 Å². The molecule has 0 saturated carbocycles. The number of aryl methyl sites for hydroxylation is 1. The Morgan fingerprint density at radius 2 is 1.93 bits per heavy atom. The van der Waals surface area contributed by atoms with Gasteiger partial charge in [-0.1, -0.05) is 32.0 Å². The quantitative estimate of drug-likeness (QED) is 0.560. The highest BCUT2D eigenvalue weighted by molar-refractivity contribution is 7.92. The zero-order chi connectivity index (χ0) is 21.9. The summed E-state index contributed by atoms with van der Waals surface area (Å²) in [6, 6.07) is 9.69. The first-order valence-corrected chi connectivity index (χ1v) is 11.6. The predicted octanol–water partition coefficient (Wildman–Crippen LogP) is 4.44. The number of nitrogens with one attached hydrogen (secondary N) is 2. The summed E-state index contributed by atoms with van der Waals surface area (Å²) >= 11 is 1.54. The van der Waals surface area contributed by atoms with Crippen LogP contribution in [0.25, 0.3) is 0 Å². The number of hydrogen-bond acceptors (Lipinski definition) is 5. The van der Waals surface area contributed by atoms with Crippen LogP contribution in [0, 0.1) is 12.7 Å². The van der Waals surface area contributed by atoms with Gasteiger partial charge in [-0.2, -0.15) is 0 Å². The normalized spacial score (nSPS) is 11.5. The Kier molecular flexibility index (Phi) is 6.52. The van der Waals surface area contributed by atoms with Crippen molar-refractivity contribution in [1.29, 1.82) is 0 Å². The van der Waals surface area contributed by atoms with Crippen molar-refractivity contribution in [3.8, 4) is 0 Å². The van der Waals surface area contributed by atoms with Gasteiger partial charge in [0, 0.05) is 16.9 Å². The van der Waals surface area contributed by atoms with Crippen LogP contribution in [0.4, 0.5) is 10.1 Å². The number of aromatic nitrogens is 1. The SMILES string of the molecule is Cc1ccc(S(=O)(=O)Nc2ccccc2F)cc1C(=O)NCc1csc(C(C)C)n1. The lowest BCUT2D eigenvalue weighted by Gasteiger charge is -2.12. The molecule has 30 heavy (non-hydrogen) atoms. The molecule has 0 spiro atoms. The molecule has 9 heteroatoms. The lowest BCUT2D eigenvalue weighted by Crippen LogP contribution is -2.24. The largest absolute Gasteiger partial charge is 0.346 e. The third kappa shape index (κ3) is 5.03. The number of thiazole rings is 1. The Labute approximate surface area is 179 Å². The van der Waals surface area contributed by atoms with Crippen LogP contribution < -0.4 is 10.0 Å². The monoisotopic (exact) mass is 447 g/mol. The molecule has 1 heterocycles. The van der Waals surface area contributed by atoms with E-state index in [-0.39, 0.29) is 22.7 Å². The number of carbonyl (C=O) groups excluding carboxylic acids is 1. The van der Waals surface area contributed by atoms with E-state index in [9.17, 15) is 17.6 Å². The number of sulfonamides is 1. The number of halogens is 1. The molecule has 1 amide bonds. The Hall–Kier alpha value is -2.78. The van der Waals surface area contributed by atoms with Gasteiger partial charge in [0.05, 0.1) is 27.8 Å². The van der Waals surface area contributed by atoms with Crippen LogP contribution in [-0.4, -0.2) is 19.3 Å². The smallest absolute Gasteiger partial charge is 0.262 e. The Bertz CT molecular complexity index is 1170. The summed E-state index contributed by atoms with van der Waals surface area (Å²) in [7, 11) is -4.06. The second-order valence-electron chi connectivity index (χ2n) is 7.08. The lowest BCUT2D eigenvalue weighted by atomic mass is 10.1. The number of benzene rings is 2. The van der Waals surface area contributed by atoms with Crippen molar-refractivity contribution < 1.29 is 17.6 Å². The summed E-state index contributed by atoms with van der Waals surface area (Å²) in [4.78, 5) is 17.0. The summed E-state index contributed by atoms with van der Waals surface area (Å²) in [5.41, 5.74) is 1.44. The van der Waals surface area contributed by atoms with Crippen LogP contribution in [0.1, 0.15) is 46.4 Å². The molecule has 0 atom stereocenters. The standard InChI is InChI=1S/C21H22FN3O3S2/c1-13(2)21-24-15(12-29-21)11-23-20(26)17-10-16(9-8-14(17)3)30(27,28)25-19-7-5-4-6-18(19)22/h4-10,12-13,25H,11H2,1-3H3,(H,23,26). The van der Waals surface area contributed by atoms with Crippen LogP contribution in [0.2, 0.25) is 0 Å². The molecule has 6 nitrogen and oxygen atoms in total. The van der Waals surface area contributed by atoms with Gasteiger partial charge in [0.2, 0.25) is 0 Å². The molecule has 0 radical (unpaired) electrons. The summed E-state index contributed by atoms with van der Waals surface area (Å²) in [6.07, 6.45) is 0. The molecule has 0 aliphatic carbocycles. The average Bonchev–Trinajstić information content (AvgIpc) is 3.17. The van der Waals surface area contributed by atoms with Gasteiger partial charge in [-0.05, 0) is 36.8 Å². The highest BCUT2D eigenvalue weighted by Crippen LogP contribution is 2.22. The second kappa shape index (κ2) is 8.93. The van der Waals surface area contributed by atoms with E-state index < -0.39 is 21.7 Å². The first-order chi connectivity index (χ1) is 14.2. The minimum absolute atomic E-state index is 0.128. The molecule has 0 bridgehead atoms. The highest BCUT2D eigenvalue weighted by Gasteiger charge is 2.19. The number of hydrogen-bond donors (Lipinski definition) is 2. The third-order valence-electron chi connectivity index (χ3n) is 4.38. The molecule has 1 aromatic heterocycles. The lowest BCUT2D eigenvalue weighted by molar-refractivity contribution is 0.0949. The summed E-state index contributed by atoms with van der Waals surface area (Å²) in [5, 5.41) is 5.66. The molecule has 158 valence electrons. The van der Waals surface area contributed by atoms with E-state index in [0.717, 1.165) is 16.8 Å². The molecule has 0 unspecified atom stereocenters. The fraction of sp³-hybridized carbons (Fsp3) is 0.238. The predicted molar refractivity (Wildman–Crippen MR) is 116 cm³/mol. The maximum Gasteiger partial charge on any atom is 0.262 e. The summed E-state index contributed by atoms with van der Waals surface area (Å²) in [5.74, 6) is -0.782. The molecule has 2 N–H and O–H groups in total. The molecule has 0 aliphatic rings. The molecule has 0 saturated heterocycles. The zero-order valence-electron chi connectivity index (χ0n) is 16.8. The number of anilines is 1. The Morgan fingerprint density at radius 1 is 1.20 bits per heavy atom. The van der Waals surface area contributed by atoms with Gasteiger partial charge in [-0.3, -0.25) is 9.52 Å². The molecule has 3 aromatic rings. The van der Waals surface area contributed by atoms with Gasteiger partial charge in [0.15, 0.2) is 0 Å². The van der Waals surface area contributed by atoms with Crippen molar-refractivity contribution >= 4 is 33.0 Å². The van der Waals surface area contributed by atoms with Crippen molar-refractivity contribution in [3.05, 3.63) is 75.5 Å². The van der Waals surface area contributed by atoms with E-state index in [2.05, 4.69) is 15.0 Å². The maximum atomic E-state index is 13.8. The van der Waals surface area contributed by atoms with Gasteiger partial charge in [0.1, 0.15) is 5.82 Å². The first-order valence-electron chi connectivity index (χ1n) is 9.28. The van der Waals surface area contributed by atoms with Gasteiger partial charge < -0.3 is 5.32 Å². The van der Waals surface area contributed by atoms with Crippen molar-refractivity contribution in [2.45, 2.75) is 38.1 Å². The van der Waals surface area contributed by atoms with E-state index in [1.165, 1.54) is 41.7 Å². The second-order valence-corrected chi connectivity index (χ2v) is 9.65. The molecule has 3 rings (SSSR count). The van der Waals surface area contributed by atoms with Crippen LogP contribution in [-0.2, 0) is 16.6 Å². The number of para-hydroxylation sites is 1. The van der Waals surface area contributed by atoms with Gasteiger partial charge in [-0.25, -0.2) is 17.8 Å². The maximum absolute atomic E-state index is 13.8. The molecule has 2 aromatic carbocycles.